The normalized spacial score (nSPS) is 22.6. The van der Waals surface area contributed by atoms with E-state index in [4.69, 9.17) is 0 Å². The van der Waals surface area contributed by atoms with Gasteiger partial charge in [0.25, 0.3) is 5.91 Å². The number of carbonyl (C=O) groups excluding carboxylic acids is 3. The fraction of sp³-hybridized carbons (Fsp3) is 0.550. The molecule has 1 heterocycles. The van der Waals surface area contributed by atoms with Crippen molar-refractivity contribution in [2.45, 2.75) is 50.0 Å². The van der Waals surface area contributed by atoms with Crippen LogP contribution in [0, 0.1) is 0 Å². The first kappa shape index (κ1) is 18.4. The van der Waals surface area contributed by atoms with Crippen LogP contribution < -0.4 is 5.32 Å². The number of rotatable bonds is 5. The van der Waals surface area contributed by atoms with E-state index in [1.807, 2.05) is 18.2 Å². The second-order valence-corrected chi connectivity index (χ2v) is 7.49. The molecule has 0 unspecified atom stereocenters. The van der Waals surface area contributed by atoms with Gasteiger partial charge in [0.2, 0.25) is 5.91 Å². The van der Waals surface area contributed by atoms with E-state index in [-0.39, 0.29) is 29.7 Å². The molecule has 2 aliphatic rings. The summed E-state index contributed by atoms with van der Waals surface area (Å²) in [6, 6.07) is 9.31. The van der Waals surface area contributed by atoms with Crippen molar-refractivity contribution in [2.24, 2.45) is 0 Å². The third-order valence-corrected chi connectivity index (χ3v) is 5.87. The molecule has 6 nitrogen and oxygen atoms in total. The standard InChI is InChI=1S/C20H27N3O3/c1-22-16(18(25)23(2)19(22)26)13-17(24)21-14-20(11-7-4-8-12-20)15-9-5-3-6-10-15/h3,5-6,9-10,16H,4,7-8,11-14H2,1-2H3,(H,21,24)/t16-/m0/s1. The molecular formula is C20H27N3O3. The van der Waals surface area contributed by atoms with Crippen LogP contribution in [-0.4, -0.2) is 54.3 Å². The van der Waals surface area contributed by atoms with Crippen molar-refractivity contribution >= 4 is 17.8 Å². The average molecular weight is 357 g/mol. The van der Waals surface area contributed by atoms with E-state index in [0.29, 0.717) is 6.54 Å². The molecule has 6 heteroatoms. The van der Waals surface area contributed by atoms with Crippen LogP contribution in [0.5, 0.6) is 0 Å². The molecule has 3 rings (SSSR count). The van der Waals surface area contributed by atoms with E-state index in [1.165, 1.54) is 23.9 Å². The molecule has 0 bridgehead atoms. The second-order valence-electron chi connectivity index (χ2n) is 7.49. The molecule has 0 spiro atoms. The number of hydrogen-bond acceptors (Lipinski definition) is 3. The third-order valence-electron chi connectivity index (χ3n) is 5.87. The highest BCUT2D eigenvalue weighted by Gasteiger charge is 2.42. The summed E-state index contributed by atoms with van der Waals surface area (Å²) in [5.41, 5.74) is 1.23. The minimum absolute atomic E-state index is 0.0102. The van der Waals surface area contributed by atoms with Gasteiger partial charge < -0.3 is 10.2 Å². The Morgan fingerprint density at radius 2 is 1.77 bits per heavy atom. The summed E-state index contributed by atoms with van der Waals surface area (Å²) in [7, 11) is 3.01. The lowest BCUT2D eigenvalue weighted by Crippen LogP contribution is -2.44. The fourth-order valence-corrected chi connectivity index (χ4v) is 4.18. The van der Waals surface area contributed by atoms with Crippen molar-refractivity contribution in [3.05, 3.63) is 35.9 Å². The Kier molecular flexibility index (Phi) is 5.30. The molecular weight excluding hydrogens is 330 g/mol. The minimum atomic E-state index is -0.702. The molecule has 4 amide bonds. The molecule has 1 saturated heterocycles. The molecule has 1 aromatic rings. The van der Waals surface area contributed by atoms with Gasteiger partial charge in [0.15, 0.2) is 0 Å². The molecule has 0 aromatic heterocycles. The molecule has 1 aliphatic carbocycles. The molecule has 0 radical (unpaired) electrons. The number of likely N-dealkylation sites (N-methyl/N-ethyl adjacent to an activating group) is 2. The van der Waals surface area contributed by atoms with Crippen LogP contribution in [0.2, 0.25) is 0 Å². The van der Waals surface area contributed by atoms with Gasteiger partial charge in [0.1, 0.15) is 6.04 Å². The molecule has 26 heavy (non-hydrogen) atoms. The summed E-state index contributed by atoms with van der Waals surface area (Å²) in [6.07, 6.45) is 5.68. The Balaban J connectivity index is 1.65. The lowest BCUT2D eigenvalue weighted by Gasteiger charge is -2.38. The number of amides is 4. The van der Waals surface area contributed by atoms with Crippen molar-refractivity contribution in [2.75, 3.05) is 20.6 Å². The highest BCUT2D eigenvalue weighted by molar-refractivity contribution is 6.05. The van der Waals surface area contributed by atoms with Crippen molar-refractivity contribution in [1.82, 2.24) is 15.1 Å². The highest BCUT2D eigenvalue weighted by Crippen LogP contribution is 2.38. The Morgan fingerprint density at radius 1 is 1.12 bits per heavy atom. The van der Waals surface area contributed by atoms with E-state index in [9.17, 15) is 14.4 Å². The monoisotopic (exact) mass is 357 g/mol. The Hall–Kier alpha value is -2.37. The van der Waals surface area contributed by atoms with E-state index in [2.05, 4.69) is 17.4 Å². The maximum Gasteiger partial charge on any atom is 0.326 e. The van der Waals surface area contributed by atoms with E-state index in [0.717, 1.165) is 30.6 Å². The zero-order chi connectivity index (χ0) is 18.7. The van der Waals surface area contributed by atoms with Crippen molar-refractivity contribution in [1.29, 1.82) is 0 Å². The zero-order valence-corrected chi connectivity index (χ0v) is 15.5. The number of imide groups is 1. The number of nitrogens with one attached hydrogen (secondary N) is 1. The molecule has 1 N–H and O–H groups in total. The van der Waals surface area contributed by atoms with Crippen molar-refractivity contribution < 1.29 is 14.4 Å². The minimum Gasteiger partial charge on any atom is -0.355 e. The first-order chi connectivity index (χ1) is 12.4. The number of benzene rings is 1. The second kappa shape index (κ2) is 7.48. The number of hydrogen-bond donors (Lipinski definition) is 1. The summed E-state index contributed by atoms with van der Waals surface area (Å²) in [4.78, 5) is 38.9. The maximum absolute atomic E-state index is 12.5. The van der Waals surface area contributed by atoms with Crippen molar-refractivity contribution in [3.8, 4) is 0 Å². The predicted octanol–water partition coefficient (Wildman–Crippen LogP) is 2.29. The zero-order valence-electron chi connectivity index (χ0n) is 15.5. The van der Waals surface area contributed by atoms with Crippen molar-refractivity contribution in [3.63, 3.8) is 0 Å². The van der Waals surface area contributed by atoms with Crippen LogP contribution in [0.25, 0.3) is 0 Å². The van der Waals surface area contributed by atoms with Crippen LogP contribution in [0.3, 0.4) is 0 Å². The number of carbonyl (C=O) groups is 3. The fourth-order valence-electron chi connectivity index (χ4n) is 4.18. The number of nitrogens with zero attached hydrogens (tertiary/aromatic N) is 2. The van der Waals surface area contributed by atoms with Crippen LogP contribution in [0.15, 0.2) is 30.3 Å². The summed E-state index contributed by atoms with van der Waals surface area (Å²) in [5.74, 6) is -0.498. The smallest absolute Gasteiger partial charge is 0.326 e. The first-order valence-electron chi connectivity index (χ1n) is 9.31. The SMILES string of the molecule is CN1C(=O)[C@H](CC(=O)NCC2(c3ccccc3)CCCCC2)N(C)C1=O. The highest BCUT2D eigenvalue weighted by atomic mass is 16.2. The molecule has 140 valence electrons. The van der Waals surface area contributed by atoms with Gasteiger partial charge >= 0.3 is 6.03 Å². The maximum atomic E-state index is 12.5. The summed E-state index contributed by atoms with van der Waals surface area (Å²) in [5, 5.41) is 3.04. The molecule has 2 fully saturated rings. The van der Waals surface area contributed by atoms with Crippen LogP contribution in [-0.2, 0) is 15.0 Å². The summed E-state index contributed by atoms with van der Waals surface area (Å²) in [6.45, 7) is 0.574. The molecule has 1 aliphatic heterocycles. The largest absolute Gasteiger partial charge is 0.355 e. The van der Waals surface area contributed by atoms with Crippen LogP contribution in [0.1, 0.15) is 44.1 Å². The Morgan fingerprint density at radius 3 is 2.35 bits per heavy atom. The van der Waals surface area contributed by atoms with E-state index < -0.39 is 6.04 Å². The average Bonchev–Trinajstić information content (AvgIpc) is 2.86. The van der Waals surface area contributed by atoms with Gasteiger partial charge in [-0.2, -0.15) is 0 Å². The van der Waals surface area contributed by atoms with Gasteiger partial charge in [0, 0.05) is 26.1 Å². The van der Waals surface area contributed by atoms with Crippen LogP contribution >= 0.6 is 0 Å². The lowest BCUT2D eigenvalue weighted by atomic mass is 9.69. The van der Waals surface area contributed by atoms with Gasteiger partial charge in [-0.3, -0.25) is 14.5 Å². The summed E-state index contributed by atoms with van der Waals surface area (Å²) < 4.78 is 0. The van der Waals surface area contributed by atoms with Crippen LogP contribution in [0.4, 0.5) is 4.79 Å². The van der Waals surface area contributed by atoms with Gasteiger partial charge in [0.05, 0.1) is 6.42 Å². The third kappa shape index (κ3) is 3.45. The Labute approximate surface area is 154 Å². The number of urea groups is 1. The van der Waals surface area contributed by atoms with Gasteiger partial charge in [-0.15, -0.1) is 0 Å². The first-order valence-corrected chi connectivity index (χ1v) is 9.31. The predicted molar refractivity (Wildman–Crippen MR) is 98.5 cm³/mol. The van der Waals surface area contributed by atoms with E-state index in [1.54, 1.807) is 7.05 Å². The molecule has 1 aromatic carbocycles. The van der Waals surface area contributed by atoms with Gasteiger partial charge in [-0.05, 0) is 18.4 Å². The van der Waals surface area contributed by atoms with Gasteiger partial charge in [-0.25, -0.2) is 4.79 Å². The molecule has 1 atom stereocenters. The quantitative estimate of drug-likeness (QED) is 0.822. The topological polar surface area (TPSA) is 69.7 Å². The Bertz CT molecular complexity index is 683. The van der Waals surface area contributed by atoms with E-state index >= 15 is 0 Å². The summed E-state index contributed by atoms with van der Waals surface area (Å²) >= 11 is 0. The molecule has 1 saturated carbocycles. The lowest BCUT2D eigenvalue weighted by molar-refractivity contribution is -0.131. The van der Waals surface area contributed by atoms with Gasteiger partial charge in [-0.1, -0.05) is 49.6 Å².